The number of hydrogen-bond donors (Lipinski definition) is 1. The summed E-state index contributed by atoms with van der Waals surface area (Å²) in [6, 6.07) is 3.25. The lowest BCUT2D eigenvalue weighted by Gasteiger charge is -2.27. The Morgan fingerprint density at radius 2 is 1.86 bits per heavy atom. The van der Waals surface area contributed by atoms with E-state index in [9.17, 15) is 35.5 Å². The maximum Gasteiger partial charge on any atom is 0.522 e. The second kappa shape index (κ2) is 10.5. The number of ether oxygens (including phenoxy) is 3. The fraction of sp³-hybridized carbons (Fsp3) is 0.429. The molecule has 9 nitrogen and oxygen atoms in total. The minimum absolute atomic E-state index is 0.0184. The molecule has 2 aromatic heterocycles. The van der Waals surface area contributed by atoms with Gasteiger partial charge in [-0.15, -0.1) is 18.3 Å². The van der Waals surface area contributed by atoms with Gasteiger partial charge >= 0.3 is 18.6 Å². The second-order valence-electron chi connectivity index (χ2n) is 7.84. The minimum Gasteiger partial charge on any atom is -0.447 e. The van der Waals surface area contributed by atoms with Gasteiger partial charge in [0, 0.05) is 11.5 Å². The predicted molar refractivity (Wildman–Crippen MR) is 108 cm³/mol. The quantitative estimate of drug-likeness (QED) is 0.350. The summed E-state index contributed by atoms with van der Waals surface area (Å²) >= 11 is 0. The van der Waals surface area contributed by atoms with Crippen LogP contribution in [0.15, 0.2) is 28.7 Å². The first kappa shape index (κ1) is 26.5. The number of amides is 1. The SMILES string of the molecule is O=C(N[C@@H]1CC[C@@H](c2nnc(OCCOC(F)(F)F)o2)OC1)c1ccc2cc(C(F)(F)F)c(F)cc2n1. The number of nitrogens with zero attached hydrogens (tertiary/aromatic N) is 3. The van der Waals surface area contributed by atoms with Gasteiger partial charge in [0.15, 0.2) is 0 Å². The zero-order valence-electron chi connectivity index (χ0n) is 18.5. The van der Waals surface area contributed by atoms with E-state index in [1.54, 1.807) is 0 Å². The van der Waals surface area contributed by atoms with Gasteiger partial charge in [0.05, 0.1) is 30.3 Å². The Labute approximate surface area is 202 Å². The van der Waals surface area contributed by atoms with Crippen molar-refractivity contribution < 1.29 is 54.2 Å². The highest BCUT2D eigenvalue weighted by Gasteiger charge is 2.35. The lowest BCUT2D eigenvalue weighted by molar-refractivity contribution is -0.325. The van der Waals surface area contributed by atoms with E-state index in [2.05, 4.69) is 25.2 Å². The van der Waals surface area contributed by atoms with Crippen molar-refractivity contribution in [2.45, 2.75) is 37.5 Å². The fourth-order valence-corrected chi connectivity index (χ4v) is 3.50. The Morgan fingerprint density at radius 1 is 1.08 bits per heavy atom. The van der Waals surface area contributed by atoms with Crippen LogP contribution in [0.1, 0.15) is 40.9 Å². The molecule has 1 N–H and O–H groups in total. The number of pyridine rings is 1. The van der Waals surface area contributed by atoms with Crippen molar-refractivity contribution in [1.82, 2.24) is 20.5 Å². The largest absolute Gasteiger partial charge is 0.522 e. The van der Waals surface area contributed by atoms with Gasteiger partial charge in [-0.3, -0.25) is 9.53 Å². The minimum atomic E-state index is -4.87. The van der Waals surface area contributed by atoms with Crippen LogP contribution in [0.2, 0.25) is 0 Å². The highest BCUT2D eigenvalue weighted by molar-refractivity contribution is 5.95. The Hall–Kier alpha value is -3.53. The highest BCUT2D eigenvalue weighted by Crippen LogP contribution is 2.33. The molecule has 1 aliphatic heterocycles. The molecule has 4 rings (SSSR count). The zero-order valence-corrected chi connectivity index (χ0v) is 18.5. The van der Waals surface area contributed by atoms with Crippen molar-refractivity contribution in [2.24, 2.45) is 0 Å². The van der Waals surface area contributed by atoms with Crippen molar-refractivity contribution in [2.75, 3.05) is 19.8 Å². The van der Waals surface area contributed by atoms with Gasteiger partial charge in [-0.2, -0.15) is 13.2 Å². The van der Waals surface area contributed by atoms with E-state index in [1.807, 2.05) is 0 Å². The van der Waals surface area contributed by atoms with Crippen LogP contribution in [0.25, 0.3) is 10.9 Å². The number of fused-ring (bicyclic) bond motifs is 1. The van der Waals surface area contributed by atoms with Crippen LogP contribution in [-0.2, 0) is 15.7 Å². The first-order chi connectivity index (χ1) is 17.4. The molecule has 0 unspecified atom stereocenters. The molecule has 0 radical (unpaired) electrons. The average Bonchev–Trinajstić information content (AvgIpc) is 3.29. The summed E-state index contributed by atoms with van der Waals surface area (Å²) in [6.45, 7) is -1.20. The number of aromatic nitrogens is 3. The second-order valence-corrected chi connectivity index (χ2v) is 7.84. The third kappa shape index (κ3) is 6.82. The third-order valence-electron chi connectivity index (χ3n) is 5.20. The van der Waals surface area contributed by atoms with E-state index >= 15 is 0 Å². The molecule has 2 atom stereocenters. The predicted octanol–water partition coefficient (Wildman–Crippen LogP) is 4.34. The Balaban J connectivity index is 1.29. The summed E-state index contributed by atoms with van der Waals surface area (Å²) in [6.07, 6.45) is -9.91. The first-order valence-corrected chi connectivity index (χ1v) is 10.7. The molecule has 1 fully saturated rings. The summed E-state index contributed by atoms with van der Waals surface area (Å²) in [5.74, 6) is -2.10. The molecule has 37 heavy (non-hydrogen) atoms. The van der Waals surface area contributed by atoms with E-state index in [1.165, 1.54) is 12.1 Å². The molecule has 3 aromatic rings. The number of rotatable bonds is 7. The van der Waals surface area contributed by atoms with Gasteiger partial charge in [-0.05, 0) is 25.0 Å². The monoisotopic (exact) mass is 538 g/mol. The lowest BCUT2D eigenvalue weighted by atomic mass is 10.0. The topological polar surface area (TPSA) is 109 Å². The van der Waals surface area contributed by atoms with Crippen molar-refractivity contribution in [3.05, 3.63) is 47.2 Å². The van der Waals surface area contributed by atoms with Crippen LogP contribution in [0.4, 0.5) is 30.7 Å². The van der Waals surface area contributed by atoms with Gasteiger partial charge in [-0.25, -0.2) is 9.37 Å². The Bertz CT molecular complexity index is 1260. The lowest BCUT2D eigenvalue weighted by Crippen LogP contribution is -2.41. The van der Waals surface area contributed by atoms with E-state index < -0.39 is 55.2 Å². The van der Waals surface area contributed by atoms with Crippen molar-refractivity contribution in [3.63, 3.8) is 0 Å². The van der Waals surface area contributed by atoms with Crippen LogP contribution in [0.5, 0.6) is 6.08 Å². The number of benzene rings is 1. The summed E-state index contributed by atoms with van der Waals surface area (Å²) in [5.41, 5.74) is -1.66. The average molecular weight is 538 g/mol. The summed E-state index contributed by atoms with van der Waals surface area (Å²) in [7, 11) is 0. The number of nitrogens with one attached hydrogen (secondary N) is 1. The molecular formula is C21H17F7N4O5. The van der Waals surface area contributed by atoms with Gasteiger partial charge in [0.1, 0.15) is 24.2 Å². The molecule has 0 bridgehead atoms. The van der Waals surface area contributed by atoms with Crippen LogP contribution < -0.4 is 10.1 Å². The zero-order chi connectivity index (χ0) is 26.8. The maximum atomic E-state index is 13.9. The summed E-state index contributed by atoms with van der Waals surface area (Å²) < 4.78 is 108. The van der Waals surface area contributed by atoms with Crippen LogP contribution in [0.3, 0.4) is 0 Å². The fourth-order valence-electron chi connectivity index (χ4n) is 3.50. The van der Waals surface area contributed by atoms with Gasteiger partial charge in [0.25, 0.3) is 5.91 Å². The van der Waals surface area contributed by atoms with Gasteiger partial charge < -0.3 is 19.2 Å². The highest BCUT2D eigenvalue weighted by atomic mass is 19.4. The molecule has 1 aliphatic rings. The van der Waals surface area contributed by atoms with Crippen LogP contribution in [-0.4, -0.2) is 53.3 Å². The maximum absolute atomic E-state index is 13.9. The first-order valence-electron chi connectivity index (χ1n) is 10.7. The normalized spacial score (nSPS) is 18.7. The number of halogens is 7. The van der Waals surface area contributed by atoms with E-state index in [0.29, 0.717) is 25.0 Å². The molecule has 1 saturated heterocycles. The van der Waals surface area contributed by atoms with Crippen molar-refractivity contribution >= 4 is 16.8 Å². The smallest absolute Gasteiger partial charge is 0.447 e. The van der Waals surface area contributed by atoms with E-state index in [0.717, 1.165) is 0 Å². The summed E-state index contributed by atoms with van der Waals surface area (Å²) in [5, 5.41) is 9.98. The molecule has 1 amide bonds. The molecule has 0 saturated carbocycles. The van der Waals surface area contributed by atoms with E-state index in [-0.39, 0.29) is 35.2 Å². The van der Waals surface area contributed by atoms with Gasteiger partial charge in [-0.1, -0.05) is 11.2 Å². The molecule has 1 aromatic carbocycles. The number of carbonyl (C=O) groups is 1. The molecule has 0 spiro atoms. The number of carbonyl (C=O) groups excluding carboxylic acids is 1. The van der Waals surface area contributed by atoms with Crippen LogP contribution in [0, 0.1) is 5.82 Å². The summed E-state index contributed by atoms with van der Waals surface area (Å²) in [4.78, 5) is 16.5. The Kier molecular flexibility index (Phi) is 7.49. The number of hydrogen-bond acceptors (Lipinski definition) is 8. The van der Waals surface area contributed by atoms with Crippen molar-refractivity contribution in [3.8, 4) is 6.08 Å². The van der Waals surface area contributed by atoms with Crippen LogP contribution >= 0.6 is 0 Å². The molecule has 3 heterocycles. The molecular weight excluding hydrogens is 521 g/mol. The third-order valence-corrected chi connectivity index (χ3v) is 5.20. The molecule has 16 heteroatoms. The Morgan fingerprint density at radius 3 is 2.54 bits per heavy atom. The molecule has 200 valence electrons. The standard InChI is InChI=1S/C21H17F7N4O5/c22-13-8-15-10(7-12(13)20(23,24)25)1-3-14(30-15)17(33)29-11-2-4-16(35-9-11)18-31-32-19(37-18)34-5-6-36-21(26,27)28/h1,3,7-8,11,16H,2,4-6,9H2,(H,29,33)/t11-,16+/m1/s1. The molecule has 0 aliphatic carbocycles. The van der Waals surface area contributed by atoms with Crippen molar-refractivity contribution in [1.29, 1.82) is 0 Å². The van der Waals surface area contributed by atoms with Gasteiger partial charge in [0.2, 0.25) is 5.89 Å². The number of alkyl halides is 6. The van der Waals surface area contributed by atoms with E-state index in [4.69, 9.17) is 13.9 Å².